The van der Waals surface area contributed by atoms with Crippen molar-refractivity contribution in [3.8, 4) is 5.88 Å². The van der Waals surface area contributed by atoms with E-state index in [9.17, 15) is 0 Å². The number of pyridine rings is 2. The van der Waals surface area contributed by atoms with Crippen molar-refractivity contribution in [3.63, 3.8) is 0 Å². The summed E-state index contributed by atoms with van der Waals surface area (Å²) in [5, 5.41) is 3.51. The van der Waals surface area contributed by atoms with E-state index in [0.29, 0.717) is 11.9 Å². The van der Waals surface area contributed by atoms with Crippen molar-refractivity contribution in [1.82, 2.24) is 15.3 Å². The molecule has 0 radical (unpaired) electrons. The van der Waals surface area contributed by atoms with Crippen molar-refractivity contribution >= 4 is 15.9 Å². The van der Waals surface area contributed by atoms with Crippen molar-refractivity contribution in [2.24, 2.45) is 0 Å². The summed E-state index contributed by atoms with van der Waals surface area (Å²) in [5.74, 6) is 0.647. The number of methoxy groups -OCH3 is 1. The fourth-order valence-corrected chi connectivity index (χ4v) is 2.46. The van der Waals surface area contributed by atoms with Crippen LogP contribution in [0, 0.1) is 0 Å². The Morgan fingerprint density at radius 2 is 2.00 bits per heavy atom. The molecule has 1 N–H and O–H groups in total. The predicted molar refractivity (Wildman–Crippen MR) is 87.6 cm³/mol. The maximum absolute atomic E-state index is 5.09. The molecule has 4 nitrogen and oxygen atoms in total. The second-order valence-corrected chi connectivity index (χ2v) is 5.76. The summed E-state index contributed by atoms with van der Waals surface area (Å²) in [6.45, 7) is 3.05. The van der Waals surface area contributed by atoms with Gasteiger partial charge in [0.2, 0.25) is 5.88 Å². The van der Waals surface area contributed by atoms with Crippen LogP contribution in [0.3, 0.4) is 0 Å². The molecule has 2 heterocycles. The number of hydrogen-bond acceptors (Lipinski definition) is 4. The summed E-state index contributed by atoms with van der Waals surface area (Å²) in [5.41, 5.74) is 2.28. The van der Waals surface area contributed by atoms with Crippen LogP contribution >= 0.6 is 15.9 Å². The molecule has 0 spiro atoms. The number of ether oxygens (including phenoxy) is 1. The van der Waals surface area contributed by atoms with Gasteiger partial charge in [-0.05, 0) is 46.6 Å². The molecule has 0 amide bonds. The van der Waals surface area contributed by atoms with E-state index in [2.05, 4.69) is 50.3 Å². The molecule has 0 saturated carbocycles. The molecule has 0 saturated heterocycles. The smallest absolute Gasteiger partial charge is 0.212 e. The Labute approximate surface area is 134 Å². The van der Waals surface area contributed by atoms with Gasteiger partial charge in [-0.3, -0.25) is 4.98 Å². The SMILES string of the molecule is CCNC(Cc1ccc(OC)nc1)Cc1ccc(Br)cn1. The van der Waals surface area contributed by atoms with Gasteiger partial charge in [0.15, 0.2) is 0 Å². The first-order chi connectivity index (χ1) is 10.2. The van der Waals surface area contributed by atoms with Crippen LogP contribution in [0.5, 0.6) is 5.88 Å². The summed E-state index contributed by atoms with van der Waals surface area (Å²) in [4.78, 5) is 8.70. The lowest BCUT2D eigenvalue weighted by atomic mass is 10.0. The molecular weight excluding hydrogens is 330 g/mol. The van der Waals surface area contributed by atoms with E-state index in [1.54, 1.807) is 7.11 Å². The third kappa shape index (κ3) is 5.10. The van der Waals surface area contributed by atoms with Gasteiger partial charge in [-0.25, -0.2) is 4.98 Å². The normalized spacial score (nSPS) is 12.1. The van der Waals surface area contributed by atoms with Gasteiger partial charge in [0.05, 0.1) is 7.11 Å². The summed E-state index contributed by atoms with van der Waals surface area (Å²) in [7, 11) is 1.63. The highest BCUT2D eigenvalue weighted by Gasteiger charge is 2.11. The van der Waals surface area contributed by atoms with E-state index < -0.39 is 0 Å². The molecule has 2 aromatic heterocycles. The van der Waals surface area contributed by atoms with Crippen LogP contribution in [0.15, 0.2) is 41.1 Å². The third-order valence-corrected chi connectivity index (χ3v) is 3.69. The van der Waals surface area contributed by atoms with Gasteiger partial charge >= 0.3 is 0 Å². The Kier molecular flexibility index (Phi) is 6.14. The summed E-state index contributed by atoms with van der Waals surface area (Å²) in [6.07, 6.45) is 5.53. The zero-order valence-corrected chi connectivity index (χ0v) is 13.9. The van der Waals surface area contributed by atoms with Crippen molar-refractivity contribution in [1.29, 1.82) is 0 Å². The van der Waals surface area contributed by atoms with E-state index in [-0.39, 0.29) is 0 Å². The zero-order valence-electron chi connectivity index (χ0n) is 12.3. The highest BCUT2D eigenvalue weighted by molar-refractivity contribution is 9.10. The Balaban J connectivity index is 2.02. The summed E-state index contributed by atoms with van der Waals surface area (Å²) in [6, 6.07) is 8.39. The summed E-state index contributed by atoms with van der Waals surface area (Å²) < 4.78 is 6.09. The Morgan fingerprint density at radius 1 is 1.14 bits per heavy atom. The molecule has 2 rings (SSSR count). The van der Waals surface area contributed by atoms with Gasteiger partial charge < -0.3 is 10.1 Å². The van der Waals surface area contributed by atoms with Gasteiger partial charge in [0.1, 0.15) is 0 Å². The van der Waals surface area contributed by atoms with E-state index in [4.69, 9.17) is 4.74 Å². The fourth-order valence-electron chi connectivity index (χ4n) is 2.22. The number of hydrogen-bond donors (Lipinski definition) is 1. The molecule has 0 aliphatic heterocycles. The molecule has 0 fully saturated rings. The standard InChI is InChI=1S/C16H20BrN3O/c1-3-18-15(9-14-6-5-13(17)11-19-14)8-12-4-7-16(21-2)20-10-12/h4-7,10-11,15,18H,3,8-9H2,1-2H3. The van der Waals surface area contributed by atoms with Crippen LogP contribution in [0.25, 0.3) is 0 Å². The predicted octanol–water partition coefficient (Wildman–Crippen LogP) is 3.01. The quantitative estimate of drug-likeness (QED) is 0.834. The van der Waals surface area contributed by atoms with Crippen molar-refractivity contribution in [3.05, 3.63) is 52.4 Å². The molecule has 0 aliphatic rings. The van der Waals surface area contributed by atoms with Gasteiger partial charge in [0, 0.05) is 41.1 Å². The Bertz CT molecular complexity index is 542. The lowest BCUT2D eigenvalue weighted by Crippen LogP contribution is -2.33. The lowest BCUT2D eigenvalue weighted by Gasteiger charge is -2.17. The van der Waals surface area contributed by atoms with E-state index in [1.807, 2.05) is 24.5 Å². The number of aromatic nitrogens is 2. The fraction of sp³-hybridized carbons (Fsp3) is 0.375. The molecule has 1 unspecified atom stereocenters. The number of nitrogens with one attached hydrogen (secondary N) is 1. The van der Waals surface area contributed by atoms with E-state index in [0.717, 1.165) is 29.6 Å². The number of rotatable bonds is 7. The Hall–Kier alpha value is -1.46. The lowest BCUT2D eigenvalue weighted by molar-refractivity contribution is 0.397. The molecule has 2 aromatic rings. The van der Waals surface area contributed by atoms with Crippen LogP contribution in [-0.2, 0) is 12.8 Å². The van der Waals surface area contributed by atoms with E-state index in [1.165, 1.54) is 5.56 Å². The average molecular weight is 350 g/mol. The highest BCUT2D eigenvalue weighted by atomic mass is 79.9. The van der Waals surface area contributed by atoms with Gasteiger partial charge in [-0.15, -0.1) is 0 Å². The van der Waals surface area contributed by atoms with Crippen LogP contribution in [0.4, 0.5) is 0 Å². The minimum absolute atomic E-state index is 0.346. The number of likely N-dealkylation sites (N-methyl/N-ethyl adjacent to an activating group) is 1. The third-order valence-electron chi connectivity index (χ3n) is 3.23. The summed E-state index contributed by atoms with van der Waals surface area (Å²) >= 11 is 3.41. The van der Waals surface area contributed by atoms with Gasteiger partial charge in [0.25, 0.3) is 0 Å². The Morgan fingerprint density at radius 3 is 2.57 bits per heavy atom. The number of nitrogens with zero attached hydrogens (tertiary/aromatic N) is 2. The first-order valence-electron chi connectivity index (χ1n) is 7.04. The molecule has 0 aliphatic carbocycles. The zero-order chi connectivity index (χ0) is 15.1. The minimum Gasteiger partial charge on any atom is -0.481 e. The molecule has 1 atom stereocenters. The average Bonchev–Trinajstić information content (AvgIpc) is 2.50. The minimum atomic E-state index is 0.346. The highest BCUT2D eigenvalue weighted by Crippen LogP contribution is 2.12. The second-order valence-electron chi connectivity index (χ2n) is 4.84. The van der Waals surface area contributed by atoms with Crippen molar-refractivity contribution in [2.75, 3.05) is 13.7 Å². The molecule has 5 heteroatoms. The van der Waals surface area contributed by atoms with Crippen LogP contribution in [0.1, 0.15) is 18.2 Å². The topological polar surface area (TPSA) is 47.0 Å². The molecule has 0 aromatic carbocycles. The molecule has 112 valence electrons. The second kappa shape index (κ2) is 8.10. The van der Waals surface area contributed by atoms with Crippen LogP contribution in [0.2, 0.25) is 0 Å². The van der Waals surface area contributed by atoms with Gasteiger partial charge in [-0.1, -0.05) is 13.0 Å². The van der Waals surface area contributed by atoms with E-state index >= 15 is 0 Å². The van der Waals surface area contributed by atoms with Crippen LogP contribution < -0.4 is 10.1 Å². The first-order valence-corrected chi connectivity index (χ1v) is 7.83. The van der Waals surface area contributed by atoms with Gasteiger partial charge in [-0.2, -0.15) is 0 Å². The van der Waals surface area contributed by atoms with Crippen LogP contribution in [-0.4, -0.2) is 29.7 Å². The molecule has 0 bridgehead atoms. The van der Waals surface area contributed by atoms with Crippen molar-refractivity contribution < 1.29 is 4.74 Å². The maximum atomic E-state index is 5.09. The first kappa shape index (κ1) is 15.9. The monoisotopic (exact) mass is 349 g/mol. The maximum Gasteiger partial charge on any atom is 0.212 e. The van der Waals surface area contributed by atoms with Crippen molar-refractivity contribution in [2.45, 2.75) is 25.8 Å². The molecule has 21 heavy (non-hydrogen) atoms. The molecular formula is C16H20BrN3O. The number of halogens is 1. The largest absolute Gasteiger partial charge is 0.481 e.